The zero-order chi connectivity index (χ0) is 17.8. The normalized spacial score (nSPS) is 24.4. The number of anilines is 1. The van der Waals surface area contributed by atoms with Gasteiger partial charge in [0.25, 0.3) is 0 Å². The number of fused-ring (bicyclic) bond motifs is 1. The minimum absolute atomic E-state index is 0. The molecule has 1 aromatic rings. The van der Waals surface area contributed by atoms with Crippen LogP contribution in [0, 0.1) is 5.92 Å². The standard InChI is InChI=1S/C20H30N4O2.HI/c1-21-20(24-8-6-16-4-2-3-5-18(16)24)22-14-19(17-7-11-26-15-17)23-9-12-25-13-10-23;/h2-5,17,19H,6-15H2,1H3,(H,21,22);1H. The van der Waals surface area contributed by atoms with E-state index in [1.165, 1.54) is 11.3 Å². The lowest BCUT2D eigenvalue weighted by atomic mass is 9.97. The molecule has 0 amide bonds. The highest BCUT2D eigenvalue weighted by molar-refractivity contribution is 14.0. The van der Waals surface area contributed by atoms with E-state index in [1.54, 1.807) is 0 Å². The summed E-state index contributed by atoms with van der Waals surface area (Å²) in [5.74, 6) is 1.57. The van der Waals surface area contributed by atoms with Gasteiger partial charge in [0.15, 0.2) is 5.96 Å². The zero-order valence-electron chi connectivity index (χ0n) is 16.1. The summed E-state index contributed by atoms with van der Waals surface area (Å²) in [4.78, 5) is 9.46. The van der Waals surface area contributed by atoms with Crippen molar-refractivity contribution in [1.29, 1.82) is 0 Å². The predicted molar refractivity (Wildman–Crippen MR) is 119 cm³/mol. The summed E-state index contributed by atoms with van der Waals surface area (Å²) in [5.41, 5.74) is 2.69. The van der Waals surface area contributed by atoms with Crippen LogP contribution in [-0.2, 0) is 15.9 Å². The van der Waals surface area contributed by atoms with Crippen LogP contribution in [0.15, 0.2) is 29.3 Å². The van der Waals surface area contributed by atoms with Gasteiger partial charge in [0.2, 0.25) is 0 Å². The van der Waals surface area contributed by atoms with E-state index < -0.39 is 0 Å². The van der Waals surface area contributed by atoms with E-state index >= 15 is 0 Å². The van der Waals surface area contributed by atoms with Crippen LogP contribution in [0.25, 0.3) is 0 Å². The molecule has 3 heterocycles. The first-order chi connectivity index (χ1) is 12.9. The van der Waals surface area contributed by atoms with Crippen molar-refractivity contribution in [2.24, 2.45) is 10.9 Å². The molecule has 1 aromatic carbocycles. The fraction of sp³-hybridized carbons (Fsp3) is 0.650. The number of morpholine rings is 1. The predicted octanol–water partition coefficient (Wildman–Crippen LogP) is 1.98. The first-order valence-corrected chi connectivity index (χ1v) is 9.82. The molecule has 0 bridgehead atoms. The average molecular weight is 486 g/mol. The summed E-state index contributed by atoms with van der Waals surface area (Å²) in [6.07, 6.45) is 2.23. The van der Waals surface area contributed by atoms with Gasteiger partial charge in [0.1, 0.15) is 0 Å². The monoisotopic (exact) mass is 486 g/mol. The molecule has 1 N–H and O–H groups in total. The molecular weight excluding hydrogens is 455 g/mol. The largest absolute Gasteiger partial charge is 0.381 e. The Kier molecular flexibility index (Phi) is 7.75. The topological polar surface area (TPSA) is 49.3 Å². The molecule has 0 radical (unpaired) electrons. The lowest BCUT2D eigenvalue weighted by Gasteiger charge is -2.38. The molecule has 2 atom stereocenters. The summed E-state index contributed by atoms with van der Waals surface area (Å²) < 4.78 is 11.2. The van der Waals surface area contributed by atoms with Crippen molar-refractivity contribution in [2.75, 3.05) is 64.6 Å². The number of nitrogens with one attached hydrogen (secondary N) is 1. The van der Waals surface area contributed by atoms with Gasteiger partial charge in [-0.25, -0.2) is 0 Å². The van der Waals surface area contributed by atoms with Gasteiger partial charge >= 0.3 is 0 Å². The van der Waals surface area contributed by atoms with Gasteiger partial charge in [0.05, 0.1) is 19.8 Å². The molecule has 4 rings (SSSR count). The zero-order valence-corrected chi connectivity index (χ0v) is 18.4. The van der Waals surface area contributed by atoms with Gasteiger partial charge in [-0.15, -0.1) is 24.0 Å². The summed E-state index contributed by atoms with van der Waals surface area (Å²) in [6, 6.07) is 9.11. The molecule has 150 valence electrons. The third kappa shape index (κ3) is 4.75. The van der Waals surface area contributed by atoms with Crippen molar-refractivity contribution < 1.29 is 9.47 Å². The lowest BCUT2D eigenvalue weighted by molar-refractivity contribution is 0.00249. The SMILES string of the molecule is CN=C(NCC(C1CCOC1)N1CCOCC1)N1CCc2ccccc21.I. The first kappa shape index (κ1) is 20.8. The lowest BCUT2D eigenvalue weighted by Crippen LogP contribution is -2.54. The van der Waals surface area contributed by atoms with Crippen molar-refractivity contribution >= 4 is 35.6 Å². The Balaban J connectivity index is 0.00000210. The molecule has 0 aromatic heterocycles. The minimum Gasteiger partial charge on any atom is -0.381 e. The second kappa shape index (κ2) is 10.0. The quantitative estimate of drug-likeness (QED) is 0.401. The smallest absolute Gasteiger partial charge is 0.198 e. The number of benzene rings is 1. The van der Waals surface area contributed by atoms with Crippen molar-refractivity contribution in [3.63, 3.8) is 0 Å². The molecule has 0 saturated carbocycles. The molecule has 2 unspecified atom stereocenters. The van der Waals surface area contributed by atoms with E-state index in [1.807, 2.05) is 7.05 Å². The van der Waals surface area contributed by atoms with Crippen molar-refractivity contribution in [3.05, 3.63) is 29.8 Å². The van der Waals surface area contributed by atoms with Crippen molar-refractivity contribution in [1.82, 2.24) is 10.2 Å². The maximum absolute atomic E-state index is 5.68. The number of guanidine groups is 1. The van der Waals surface area contributed by atoms with E-state index in [0.29, 0.717) is 12.0 Å². The van der Waals surface area contributed by atoms with Crippen LogP contribution in [0.2, 0.25) is 0 Å². The fourth-order valence-electron chi connectivity index (χ4n) is 4.41. The minimum atomic E-state index is 0. The van der Waals surface area contributed by atoms with Crippen LogP contribution >= 0.6 is 24.0 Å². The molecule has 6 nitrogen and oxygen atoms in total. The van der Waals surface area contributed by atoms with Crippen molar-refractivity contribution in [2.45, 2.75) is 18.9 Å². The van der Waals surface area contributed by atoms with Gasteiger partial charge in [-0.1, -0.05) is 18.2 Å². The molecular formula is C20H31IN4O2. The number of rotatable bonds is 4. The molecule has 2 fully saturated rings. The van der Waals surface area contributed by atoms with Gasteiger partial charge in [-0.3, -0.25) is 9.89 Å². The van der Waals surface area contributed by atoms with Crippen LogP contribution in [0.3, 0.4) is 0 Å². The number of nitrogens with zero attached hydrogens (tertiary/aromatic N) is 3. The molecule has 3 aliphatic rings. The van der Waals surface area contributed by atoms with Gasteiger partial charge < -0.3 is 19.7 Å². The number of para-hydroxylation sites is 1. The molecule has 3 aliphatic heterocycles. The third-order valence-electron chi connectivity index (χ3n) is 5.85. The van der Waals surface area contributed by atoms with E-state index in [-0.39, 0.29) is 24.0 Å². The number of halogens is 1. The van der Waals surface area contributed by atoms with Crippen molar-refractivity contribution in [3.8, 4) is 0 Å². The maximum atomic E-state index is 5.68. The first-order valence-electron chi connectivity index (χ1n) is 9.82. The van der Waals surface area contributed by atoms with Crippen LogP contribution in [0.5, 0.6) is 0 Å². The highest BCUT2D eigenvalue weighted by Gasteiger charge is 2.32. The van der Waals surface area contributed by atoms with Gasteiger partial charge in [0, 0.05) is 57.5 Å². The number of ether oxygens (including phenoxy) is 2. The second-order valence-electron chi connectivity index (χ2n) is 7.30. The Bertz CT molecular complexity index is 630. The molecule has 0 spiro atoms. The Morgan fingerprint density at radius 2 is 2.00 bits per heavy atom. The average Bonchev–Trinajstić information content (AvgIpc) is 3.36. The molecule has 2 saturated heterocycles. The summed E-state index contributed by atoms with van der Waals surface area (Å²) in [5, 5.41) is 3.66. The second-order valence-corrected chi connectivity index (χ2v) is 7.30. The summed E-state index contributed by atoms with van der Waals surface area (Å²) in [7, 11) is 1.88. The Labute approximate surface area is 179 Å². The third-order valence-corrected chi connectivity index (χ3v) is 5.85. The van der Waals surface area contributed by atoms with E-state index in [4.69, 9.17) is 9.47 Å². The van der Waals surface area contributed by atoms with Crippen LogP contribution < -0.4 is 10.2 Å². The van der Waals surface area contributed by atoms with E-state index in [9.17, 15) is 0 Å². The highest BCUT2D eigenvalue weighted by atomic mass is 127. The van der Waals surface area contributed by atoms with E-state index in [0.717, 1.165) is 71.4 Å². The van der Waals surface area contributed by atoms with Crippen LogP contribution in [0.1, 0.15) is 12.0 Å². The molecule has 7 heteroatoms. The van der Waals surface area contributed by atoms with Crippen LogP contribution in [-0.4, -0.2) is 76.6 Å². The Morgan fingerprint density at radius 1 is 1.19 bits per heavy atom. The van der Waals surface area contributed by atoms with Gasteiger partial charge in [-0.2, -0.15) is 0 Å². The summed E-state index contributed by atoms with van der Waals surface area (Å²) in [6.45, 7) is 7.33. The molecule has 27 heavy (non-hydrogen) atoms. The maximum Gasteiger partial charge on any atom is 0.198 e. The fourth-order valence-corrected chi connectivity index (χ4v) is 4.41. The highest BCUT2D eigenvalue weighted by Crippen LogP contribution is 2.27. The number of hydrogen-bond donors (Lipinski definition) is 1. The van der Waals surface area contributed by atoms with E-state index in [2.05, 4.69) is 44.4 Å². The summed E-state index contributed by atoms with van der Waals surface area (Å²) >= 11 is 0. The number of aliphatic imine (C=N–C) groups is 1. The van der Waals surface area contributed by atoms with Gasteiger partial charge in [-0.05, 0) is 24.5 Å². The van der Waals surface area contributed by atoms with Crippen LogP contribution in [0.4, 0.5) is 5.69 Å². The molecule has 0 aliphatic carbocycles. The Morgan fingerprint density at radius 3 is 2.74 bits per heavy atom. The number of hydrogen-bond acceptors (Lipinski definition) is 4. The Hall–Kier alpha value is -0.900.